The van der Waals surface area contributed by atoms with E-state index in [0.717, 1.165) is 18.6 Å². The standard InChI is InChI=1S/C13H21BO/c1-5-13(14,6-2)11-9-10(3)7-8-12(11)15-4/h7-9H,5-6,14H2,1-4H3. The number of hydrogen-bond acceptors (Lipinski definition) is 1. The molecule has 0 aliphatic rings. The molecule has 0 bridgehead atoms. The van der Waals surface area contributed by atoms with E-state index in [9.17, 15) is 0 Å². The summed E-state index contributed by atoms with van der Waals surface area (Å²) in [6, 6.07) is 6.44. The SMILES string of the molecule is BC(CC)(CC)c1cc(C)ccc1OC. The van der Waals surface area contributed by atoms with Crippen LogP contribution in [-0.4, -0.2) is 15.0 Å². The minimum atomic E-state index is 0.233. The number of ether oxygens (including phenoxy) is 1. The van der Waals surface area contributed by atoms with Crippen LogP contribution in [0.15, 0.2) is 18.2 Å². The van der Waals surface area contributed by atoms with Crippen molar-refractivity contribution < 1.29 is 4.74 Å². The Labute approximate surface area is 94.3 Å². The van der Waals surface area contributed by atoms with E-state index in [1.54, 1.807) is 7.11 Å². The van der Waals surface area contributed by atoms with E-state index in [0.29, 0.717) is 0 Å². The van der Waals surface area contributed by atoms with E-state index >= 15 is 0 Å². The van der Waals surface area contributed by atoms with Crippen LogP contribution in [0.5, 0.6) is 5.75 Å². The molecule has 0 amide bonds. The van der Waals surface area contributed by atoms with E-state index in [2.05, 4.69) is 46.8 Å². The van der Waals surface area contributed by atoms with Gasteiger partial charge in [-0.15, -0.1) is 0 Å². The molecular weight excluding hydrogens is 183 g/mol. The van der Waals surface area contributed by atoms with Crippen molar-refractivity contribution >= 4 is 7.85 Å². The molecule has 1 nitrogen and oxygen atoms in total. The Morgan fingerprint density at radius 1 is 1.27 bits per heavy atom. The summed E-state index contributed by atoms with van der Waals surface area (Å²) in [6.07, 6.45) is 2.28. The monoisotopic (exact) mass is 204 g/mol. The molecule has 1 aromatic carbocycles. The maximum absolute atomic E-state index is 5.45. The average Bonchev–Trinajstić information content (AvgIpc) is 2.28. The lowest BCUT2D eigenvalue weighted by Crippen LogP contribution is -2.25. The molecule has 1 rings (SSSR count). The van der Waals surface area contributed by atoms with Crippen LogP contribution in [0.2, 0.25) is 0 Å². The molecule has 0 unspecified atom stereocenters. The first-order valence-corrected chi connectivity index (χ1v) is 5.72. The number of rotatable bonds is 4. The van der Waals surface area contributed by atoms with E-state index in [4.69, 9.17) is 4.74 Å². The summed E-state index contributed by atoms with van der Waals surface area (Å²) < 4.78 is 5.45. The lowest BCUT2D eigenvalue weighted by Gasteiger charge is -2.29. The minimum absolute atomic E-state index is 0.233. The molecule has 0 fully saturated rings. The van der Waals surface area contributed by atoms with Gasteiger partial charge in [-0.1, -0.05) is 44.4 Å². The summed E-state index contributed by atoms with van der Waals surface area (Å²) in [5.74, 6) is 1.02. The smallest absolute Gasteiger partial charge is 0.121 e. The third-order valence-corrected chi connectivity index (χ3v) is 3.57. The first-order chi connectivity index (χ1) is 7.07. The van der Waals surface area contributed by atoms with Gasteiger partial charge < -0.3 is 4.74 Å². The van der Waals surface area contributed by atoms with Gasteiger partial charge in [0.2, 0.25) is 0 Å². The fourth-order valence-electron chi connectivity index (χ4n) is 1.92. The van der Waals surface area contributed by atoms with Crippen molar-refractivity contribution in [1.29, 1.82) is 0 Å². The van der Waals surface area contributed by atoms with Crippen molar-refractivity contribution in [3.8, 4) is 5.75 Å². The second kappa shape index (κ2) is 4.74. The number of aryl methyl sites for hydroxylation is 1. The van der Waals surface area contributed by atoms with Crippen molar-refractivity contribution in [3.63, 3.8) is 0 Å². The molecule has 1 aromatic rings. The van der Waals surface area contributed by atoms with Crippen molar-refractivity contribution in [1.82, 2.24) is 0 Å². The molecule has 0 heterocycles. The van der Waals surface area contributed by atoms with Gasteiger partial charge in [-0.3, -0.25) is 0 Å². The van der Waals surface area contributed by atoms with Gasteiger partial charge in [-0.05, 0) is 23.9 Å². The largest absolute Gasteiger partial charge is 0.496 e. The molecule has 0 N–H and O–H groups in total. The van der Waals surface area contributed by atoms with E-state index in [1.807, 2.05) is 0 Å². The van der Waals surface area contributed by atoms with Gasteiger partial charge in [0, 0.05) is 0 Å². The Morgan fingerprint density at radius 3 is 2.33 bits per heavy atom. The van der Waals surface area contributed by atoms with Crippen LogP contribution in [0.3, 0.4) is 0 Å². The molecule has 0 spiro atoms. The zero-order valence-electron chi connectivity index (χ0n) is 10.6. The molecule has 0 aliphatic heterocycles. The predicted molar refractivity (Wildman–Crippen MR) is 68.5 cm³/mol. The Bertz CT molecular complexity index is 329. The van der Waals surface area contributed by atoms with E-state index in [1.165, 1.54) is 11.1 Å². The van der Waals surface area contributed by atoms with Crippen molar-refractivity contribution in [2.24, 2.45) is 0 Å². The second-order valence-corrected chi connectivity index (χ2v) is 4.47. The third-order valence-electron chi connectivity index (χ3n) is 3.57. The van der Waals surface area contributed by atoms with Crippen LogP contribution in [0, 0.1) is 6.92 Å². The Balaban J connectivity index is 3.26. The van der Waals surface area contributed by atoms with Crippen LogP contribution in [0.25, 0.3) is 0 Å². The van der Waals surface area contributed by atoms with Gasteiger partial charge >= 0.3 is 0 Å². The maximum atomic E-state index is 5.45. The highest BCUT2D eigenvalue weighted by molar-refractivity contribution is 6.16. The fraction of sp³-hybridized carbons (Fsp3) is 0.538. The molecule has 0 radical (unpaired) electrons. The summed E-state index contributed by atoms with van der Waals surface area (Å²) in [7, 11) is 4.06. The second-order valence-electron chi connectivity index (χ2n) is 4.47. The Kier molecular flexibility index (Phi) is 3.84. The Hall–Kier alpha value is -0.915. The highest BCUT2D eigenvalue weighted by Crippen LogP contribution is 2.35. The molecule has 15 heavy (non-hydrogen) atoms. The topological polar surface area (TPSA) is 9.23 Å². The average molecular weight is 204 g/mol. The molecular formula is C13H21BO. The van der Waals surface area contributed by atoms with Crippen LogP contribution in [-0.2, 0) is 5.31 Å². The van der Waals surface area contributed by atoms with Crippen LogP contribution >= 0.6 is 0 Å². The van der Waals surface area contributed by atoms with E-state index in [-0.39, 0.29) is 5.31 Å². The van der Waals surface area contributed by atoms with E-state index < -0.39 is 0 Å². The summed E-state index contributed by atoms with van der Waals surface area (Å²) in [6.45, 7) is 6.62. The maximum Gasteiger partial charge on any atom is 0.121 e. The highest BCUT2D eigenvalue weighted by atomic mass is 16.5. The van der Waals surface area contributed by atoms with Crippen LogP contribution < -0.4 is 4.74 Å². The number of benzene rings is 1. The van der Waals surface area contributed by atoms with Crippen molar-refractivity contribution in [2.45, 2.75) is 38.9 Å². The van der Waals surface area contributed by atoms with Gasteiger partial charge in [0.05, 0.1) is 7.11 Å². The predicted octanol–water partition coefficient (Wildman–Crippen LogP) is 2.65. The first kappa shape index (κ1) is 12.2. The van der Waals surface area contributed by atoms with Crippen molar-refractivity contribution in [2.75, 3.05) is 7.11 Å². The molecule has 0 aliphatic carbocycles. The molecule has 0 aromatic heterocycles. The molecule has 82 valence electrons. The minimum Gasteiger partial charge on any atom is -0.496 e. The normalized spacial score (nSPS) is 11.5. The lowest BCUT2D eigenvalue weighted by atomic mass is 9.60. The molecule has 0 saturated heterocycles. The summed E-state index contributed by atoms with van der Waals surface area (Å²) in [4.78, 5) is 0. The van der Waals surface area contributed by atoms with Gasteiger partial charge in [-0.2, -0.15) is 0 Å². The third kappa shape index (κ3) is 2.36. The van der Waals surface area contributed by atoms with Gasteiger partial charge in [-0.25, -0.2) is 0 Å². The quantitative estimate of drug-likeness (QED) is 0.685. The van der Waals surface area contributed by atoms with Gasteiger partial charge in [0.1, 0.15) is 13.6 Å². The zero-order chi connectivity index (χ0) is 11.5. The fourth-order valence-corrected chi connectivity index (χ4v) is 1.92. The molecule has 0 atom stereocenters. The Morgan fingerprint density at radius 2 is 1.87 bits per heavy atom. The molecule has 2 heteroatoms. The number of hydrogen-bond donors (Lipinski definition) is 0. The van der Waals surface area contributed by atoms with Gasteiger partial charge in [0.25, 0.3) is 0 Å². The lowest BCUT2D eigenvalue weighted by molar-refractivity contribution is 0.398. The summed E-state index contributed by atoms with van der Waals surface area (Å²) in [5.41, 5.74) is 2.65. The van der Waals surface area contributed by atoms with Crippen molar-refractivity contribution in [3.05, 3.63) is 29.3 Å². The highest BCUT2D eigenvalue weighted by Gasteiger charge is 2.25. The first-order valence-electron chi connectivity index (χ1n) is 5.72. The zero-order valence-corrected chi connectivity index (χ0v) is 10.6. The summed E-state index contributed by atoms with van der Waals surface area (Å²) in [5, 5.41) is 0.233. The van der Waals surface area contributed by atoms with Gasteiger partial charge in [0.15, 0.2) is 0 Å². The van der Waals surface area contributed by atoms with Crippen LogP contribution in [0.4, 0.5) is 0 Å². The van der Waals surface area contributed by atoms with Crippen LogP contribution in [0.1, 0.15) is 37.8 Å². The number of methoxy groups -OCH3 is 1. The molecule has 0 saturated carbocycles. The summed E-state index contributed by atoms with van der Waals surface area (Å²) >= 11 is 0.